The molecule has 0 unspecified atom stereocenters. The third-order valence-corrected chi connectivity index (χ3v) is 3.21. The van der Waals surface area contributed by atoms with Gasteiger partial charge in [0.15, 0.2) is 0 Å². The lowest BCUT2D eigenvalue weighted by Gasteiger charge is -2.25. The van der Waals surface area contributed by atoms with Crippen molar-refractivity contribution in [1.82, 2.24) is 16.0 Å². The van der Waals surface area contributed by atoms with Crippen LogP contribution in [0.5, 0.6) is 5.75 Å². The van der Waals surface area contributed by atoms with Gasteiger partial charge in [0.2, 0.25) is 5.91 Å². The summed E-state index contributed by atoms with van der Waals surface area (Å²) in [5.41, 5.74) is 0.570. The summed E-state index contributed by atoms with van der Waals surface area (Å²) < 4.78 is 5.03. The molecule has 1 fully saturated rings. The van der Waals surface area contributed by atoms with E-state index in [0.29, 0.717) is 24.4 Å². The van der Waals surface area contributed by atoms with Crippen LogP contribution in [0.1, 0.15) is 10.4 Å². The Morgan fingerprint density at radius 3 is 2.33 bits per heavy atom. The van der Waals surface area contributed by atoms with E-state index in [1.807, 2.05) is 0 Å². The Labute approximate surface area is 130 Å². The molecule has 0 bridgehead atoms. The Morgan fingerprint density at radius 1 is 1.19 bits per heavy atom. The second-order valence-electron chi connectivity index (χ2n) is 4.63. The van der Waals surface area contributed by atoms with Gasteiger partial charge in [0.1, 0.15) is 5.75 Å². The Kier molecular flexibility index (Phi) is 6.98. The Balaban J connectivity index is 0.00000220. The Morgan fingerprint density at radius 2 is 1.81 bits per heavy atom. The first-order valence-corrected chi connectivity index (χ1v) is 6.61. The first-order valence-electron chi connectivity index (χ1n) is 6.61. The van der Waals surface area contributed by atoms with Gasteiger partial charge in [-0.1, -0.05) is 0 Å². The highest BCUT2D eigenvalue weighted by atomic mass is 35.5. The number of halogens is 1. The zero-order valence-corrected chi connectivity index (χ0v) is 12.7. The molecule has 0 atom stereocenters. The number of hydrogen-bond donors (Lipinski definition) is 3. The van der Waals surface area contributed by atoms with E-state index in [1.54, 1.807) is 31.4 Å². The summed E-state index contributed by atoms with van der Waals surface area (Å²) >= 11 is 0. The maximum atomic E-state index is 11.8. The zero-order chi connectivity index (χ0) is 14.4. The lowest BCUT2D eigenvalue weighted by Crippen LogP contribution is -2.51. The first kappa shape index (κ1) is 17.3. The second kappa shape index (κ2) is 8.49. The minimum absolute atomic E-state index is 0. The summed E-state index contributed by atoms with van der Waals surface area (Å²) in [7, 11) is 1.58. The number of hydrogen-bond acceptors (Lipinski definition) is 4. The molecule has 7 heteroatoms. The van der Waals surface area contributed by atoms with Crippen LogP contribution in [0.4, 0.5) is 0 Å². The lowest BCUT2D eigenvalue weighted by molar-refractivity contribution is -0.126. The van der Waals surface area contributed by atoms with Crippen molar-refractivity contribution in [3.63, 3.8) is 0 Å². The maximum absolute atomic E-state index is 11.8. The van der Waals surface area contributed by atoms with Crippen LogP contribution in [-0.4, -0.2) is 45.1 Å². The highest BCUT2D eigenvalue weighted by Crippen LogP contribution is 2.10. The van der Waals surface area contributed by atoms with Crippen LogP contribution in [0, 0.1) is 5.92 Å². The van der Waals surface area contributed by atoms with E-state index in [0.717, 1.165) is 13.1 Å². The molecule has 0 aromatic heterocycles. The van der Waals surface area contributed by atoms with E-state index in [2.05, 4.69) is 16.0 Å². The highest BCUT2D eigenvalue weighted by Gasteiger charge is 2.24. The smallest absolute Gasteiger partial charge is 0.251 e. The van der Waals surface area contributed by atoms with Crippen molar-refractivity contribution in [2.45, 2.75) is 0 Å². The molecule has 0 saturated carbocycles. The van der Waals surface area contributed by atoms with E-state index in [1.165, 1.54) is 0 Å². The maximum Gasteiger partial charge on any atom is 0.251 e. The molecule has 0 radical (unpaired) electrons. The molecule has 21 heavy (non-hydrogen) atoms. The van der Waals surface area contributed by atoms with Crippen LogP contribution in [-0.2, 0) is 4.79 Å². The van der Waals surface area contributed by atoms with Gasteiger partial charge in [-0.15, -0.1) is 12.4 Å². The molecule has 2 rings (SSSR count). The number of carbonyl (C=O) groups excluding carboxylic acids is 2. The van der Waals surface area contributed by atoms with Crippen LogP contribution in [0.3, 0.4) is 0 Å². The molecule has 0 aliphatic carbocycles. The van der Waals surface area contributed by atoms with Gasteiger partial charge in [0.05, 0.1) is 13.0 Å². The van der Waals surface area contributed by atoms with Gasteiger partial charge in [-0.2, -0.15) is 0 Å². The van der Waals surface area contributed by atoms with E-state index in [-0.39, 0.29) is 30.1 Å². The van der Waals surface area contributed by atoms with Gasteiger partial charge in [0, 0.05) is 31.7 Å². The van der Waals surface area contributed by atoms with Crippen molar-refractivity contribution >= 4 is 24.2 Å². The Hall–Kier alpha value is -1.79. The van der Waals surface area contributed by atoms with Gasteiger partial charge < -0.3 is 20.7 Å². The van der Waals surface area contributed by atoms with Crippen molar-refractivity contribution in [2.75, 3.05) is 33.3 Å². The van der Waals surface area contributed by atoms with Crippen molar-refractivity contribution < 1.29 is 14.3 Å². The monoisotopic (exact) mass is 313 g/mol. The van der Waals surface area contributed by atoms with E-state index in [4.69, 9.17) is 4.74 Å². The van der Waals surface area contributed by atoms with Crippen LogP contribution < -0.4 is 20.7 Å². The average Bonchev–Trinajstić information content (AvgIpc) is 2.41. The predicted molar refractivity (Wildman–Crippen MR) is 81.9 cm³/mol. The van der Waals surface area contributed by atoms with E-state index >= 15 is 0 Å². The standard InChI is InChI=1S/C14H19N3O3.ClH/c1-20-12-4-2-10(3-5-12)13(18)16-6-7-17-14(19)11-8-15-9-11;/h2-5,11,15H,6-9H2,1H3,(H,16,18)(H,17,19);1H. The van der Waals surface area contributed by atoms with Crippen LogP contribution in [0.2, 0.25) is 0 Å². The van der Waals surface area contributed by atoms with Gasteiger partial charge in [0.25, 0.3) is 5.91 Å². The molecular formula is C14H20ClN3O3. The fourth-order valence-electron chi connectivity index (χ4n) is 1.82. The number of ether oxygens (including phenoxy) is 1. The molecule has 1 aromatic carbocycles. The molecular weight excluding hydrogens is 294 g/mol. The summed E-state index contributed by atoms with van der Waals surface area (Å²) in [6.07, 6.45) is 0. The quantitative estimate of drug-likeness (QED) is 0.655. The molecule has 116 valence electrons. The third kappa shape index (κ3) is 4.91. The number of carbonyl (C=O) groups is 2. The normalized spacial score (nSPS) is 13.6. The van der Waals surface area contributed by atoms with Crippen LogP contribution in [0.25, 0.3) is 0 Å². The van der Waals surface area contributed by atoms with E-state index in [9.17, 15) is 9.59 Å². The molecule has 6 nitrogen and oxygen atoms in total. The van der Waals surface area contributed by atoms with Crippen molar-refractivity contribution in [3.05, 3.63) is 29.8 Å². The molecule has 3 N–H and O–H groups in total. The molecule has 2 amide bonds. The second-order valence-corrected chi connectivity index (χ2v) is 4.63. The minimum Gasteiger partial charge on any atom is -0.497 e. The SMILES string of the molecule is COc1ccc(C(=O)NCCNC(=O)C2CNC2)cc1.Cl. The molecule has 1 aliphatic rings. The van der Waals surface area contributed by atoms with Gasteiger partial charge >= 0.3 is 0 Å². The summed E-state index contributed by atoms with van der Waals surface area (Å²) in [6, 6.07) is 6.88. The fourth-order valence-corrected chi connectivity index (χ4v) is 1.82. The lowest BCUT2D eigenvalue weighted by atomic mass is 10.0. The van der Waals surface area contributed by atoms with Gasteiger partial charge in [-0.05, 0) is 24.3 Å². The molecule has 1 saturated heterocycles. The predicted octanol–water partition coefficient (Wildman–Crippen LogP) is 0.182. The largest absolute Gasteiger partial charge is 0.497 e. The topological polar surface area (TPSA) is 79.5 Å². The molecule has 1 heterocycles. The van der Waals surface area contributed by atoms with Crippen LogP contribution >= 0.6 is 12.4 Å². The molecule has 1 aliphatic heterocycles. The van der Waals surface area contributed by atoms with E-state index < -0.39 is 0 Å². The number of methoxy groups -OCH3 is 1. The van der Waals surface area contributed by atoms with Crippen molar-refractivity contribution in [3.8, 4) is 5.75 Å². The molecule has 0 spiro atoms. The number of amides is 2. The zero-order valence-electron chi connectivity index (χ0n) is 11.8. The summed E-state index contributed by atoms with van der Waals surface area (Å²) in [5.74, 6) is 0.671. The number of rotatable bonds is 6. The minimum atomic E-state index is -0.160. The number of nitrogens with one attached hydrogen (secondary N) is 3. The summed E-state index contributed by atoms with van der Waals surface area (Å²) in [6.45, 7) is 2.34. The van der Waals surface area contributed by atoms with Crippen molar-refractivity contribution in [1.29, 1.82) is 0 Å². The fraction of sp³-hybridized carbons (Fsp3) is 0.429. The number of benzene rings is 1. The van der Waals surface area contributed by atoms with Gasteiger partial charge in [-0.3, -0.25) is 9.59 Å². The summed E-state index contributed by atoms with van der Waals surface area (Å²) in [4.78, 5) is 23.3. The van der Waals surface area contributed by atoms with Crippen LogP contribution in [0.15, 0.2) is 24.3 Å². The Bertz CT molecular complexity index is 475. The first-order chi connectivity index (χ1) is 9.70. The highest BCUT2D eigenvalue weighted by molar-refractivity contribution is 5.94. The summed E-state index contributed by atoms with van der Waals surface area (Å²) in [5, 5.41) is 8.59. The average molecular weight is 314 g/mol. The van der Waals surface area contributed by atoms with Crippen molar-refractivity contribution in [2.24, 2.45) is 5.92 Å². The third-order valence-electron chi connectivity index (χ3n) is 3.21. The molecule has 1 aromatic rings. The van der Waals surface area contributed by atoms with Gasteiger partial charge in [-0.25, -0.2) is 0 Å².